The van der Waals surface area contributed by atoms with E-state index in [1.165, 1.54) is 0 Å². The van der Waals surface area contributed by atoms with Crippen LogP contribution in [0.25, 0.3) is 11.3 Å². The smallest absolute Gasteiger partial charge is 0.265 e. The number of amides is 2. The molecule has 1 aromatic heterocycles. The zero-order chi connectivity index (χ0) is 20.4. The molecule has 2 N–H and O–H groups in total. The number of nitrogens with zero attached hydrogens (tertiary/aromatic N) is 1. The maximum absolute atomic E-state index is 12.3. The highest BCUT2D eigenvalue weighted by Crippen LogP contribution is 2.32. The van der Waals surface area contributed by atoms with Gasteiger partial charge in [-0.3, -0.25) is 9.59 Å². The molecule has 4 rings (SSSR count). The van der Waals surface area contributed by atoms with E-state index in [1.807, 2.05) is 18.2 Å². The van der Waals surface area contributed by atoms with Crippen molar-refractivity contribution in [3.63, 3.8) is 0 Å². The molecule has 7 nitrogen and oxygen atoms in total. The molecule has 0 radical (unpaired) electrons. The quantitative estimate of drug-likeness (QED) is 0.653. The molecule has 0 unspecified atom stereocenters. The molecule has 0 saturated carbocycles. The van der Waals surface area contributed by atoms with E-state index >= 15 is 0 Å². The molecular formula is C21H18ClN3O4. The number of aromatic nitrogens is 1. The first-order valence-corrected chi connectivity index (χ1v) is 9.48. The number of hydrogen-bond donors (Lipinski definition) is 2. The van der Waals surface area contributed by atoms with Gasteiger partial charge in [-0.15, -0.1) is 0 Å². The van der Waals surface area contributed by atoms with Gasteiger partial charge in [0.25, 0.3) is 5.91 Å². The van der Waals surface area contributed by atoms with Gasteiger partial charge < -0.3 is 19.8 Å². The summed E-state index contributed by atoms with van der Waals surface area (Å²) in [6.07, 6.45) is 1.60. The molecule has 2 heterocycles. The number of carbonyl (C=O) groups is 2. The average Bonchev–Trinajstić information content (AvgIpc) is 3.17. The lowest BCUT2D eigenvalue weighted by molar-refractivity contribution is -0.122. The lowest BCUT2D eigenvalue weighted by Gasteiger charge is -2.23. The Morgan fingerprint density at radius 3 is 2.93 bits per heavy atom. The Balaban J connectivity index is 1.36. The van der Waals surface area contributed by atoms with Crippen LogP contribution >= 0.6 is 11.6 Å². The molecule has 29 heavy (non-hydrogen) atoms. The molecule has 1 atom stereocenters. The topological polar surface area (TPSA) is 93.5 Å². The molecule has 0 bridgehead atoms. The minimum absolute atomic E-state index is 0.194. The van der Waals surface area contributed by atoms with Gasteiger partial charge >= 0.3 is 0 Å². The van der Waals surface area contributed by atoms with Crippen LogP contribution in [0, 0.1) is 0 Å². The minimum Gasteiger partial charge on any atom is -0.479 e. The monoisotopic (exact) mass is 411 g/mol. The minimum atomic E-state index is -0.542. The predicted molar refractivity (Wildman–Crippen MR) is 109 cm³/mol. The van der Waals surface area contributed by atoms with Crippen LogP contribution in [0.4, 0.5) is 11.4 Å². The third kappa shape index (κ3) is 4.25. The van der Waals surface area contributed by atoms with E-state index in [4.69, 9.17) is 20.8 Å². The molecule has 2 amide bonds. The highest BCUT2D eigenvalue weighted by Gasteiger charge is 2.23. The van der Waals surface area contributed by atoms with E-state index in [2.05, 4.69) is 15.6 Å². The predicted octanol–water partition coefficient (Wildman–Crippen LogP) is 4.29. The van der Waals surface area contributed by atoms with Crippen molar-refractivity contribution in [2.75, 3.05) is 10.6 Å². The second-order valence-electron chi connectivity index (χ2n) is 6.61. The summed E-state index contributed by atoms with van der Waals surface area (Å²) in [6.45, 7) is 1.67. The number of ether oxygens (including phenoxy) is 1. The Kier molecular flexibility index (Phi) is 5.22. The standard InChI is InChI=1S/C21H18ClN3O4/c1-12-21(27)25-16-10-13(6-7-17(16)28-12)24-19(26)8-9-20-23-11-18(29-20)14-4-2-3-5-15(14)22/h2-7,10-12H,8-9H2,1H3,(H,24,26)(H,25,27)/t12-/m1/s1. The van der Waals surface area contributed by atoms with Crippen molar-refractivity contribution in [3.8, 4) is 17.1 Å². The number of benzene rings is 2. The number of fused-ring (bicyclic) bond motifs is 1. The molecule has 0 fully saturated rings. The number of carbonyl (C=O) groups excluding carboxylic acids is 2. The molecule has 148 valence electrons. The van der Waals surface area contributed by atoms with Crippen molar-refractivity contribution < 1.29 is 18.7 Å². The van der Waals surface area contributed by atoms with Gasteiger partial charge in [-0.1, -0.05) is 23.7 Å². The maximum atomic E-state index is 12.3. The molecule has 0 spiro atoms. The lowest BCUT2D eigenvalue weighted by atomic mass is 10.2. The van der Waals surface area contributed by atoms with Crippen LogP contribution in [-0.2, 0) is 16.0 Å². The molecule has 3 aromatic rings. The van der Waals surface area contributed by atoms with Crippen LogP contribution in [-0.4, -0.2) is 22.9 Å². The van der Waals surface area contributed by atoms with Crippen LogP contribution < -0.4 is 15.4 Å². The van der Waals surface area contributed by atoms with Gasteiger partial charge in [-0.05, 0) is 37.3 Å². The summed E-state index contributed by atoms with van der Waals surface area (Å²) < 4.78 is 11.2. The number of hydrogen-bond acceptors (Lipinski definition) is 5. The van der Waals surface area contributed by atoms with Gasteiger partial charge in [0.1, 0.15) is 5.75 Å². The number of nitrogens with one attached hydrogen (secondary N) is 2. The maximum Gasteiger partial charge on any atom is 0.265 e. The Hall–Kier alpha value is -3.32. The van der Waals surface area contributed by atoms with Crippen LogP contribution in [0.3, 0.4) is 0 Å². The Bertz CT molecular complexity index is 1080. The van der Waals surface area contributed by atoms with Gasteiger partial charge in [0, 0.05) is 24.1 Å². The van der Waals surface area contributed by atoms with Gasteiger partial charge in [0.2, 0.25) is 5.91 Å². The van der Waals surface area contributed by atoms with Gasteiger partial charge in [0.15, 0.2) is 17.8 Å². The highest BCUT2D eigenvalue weighted by molar-refractivity contribution is 6.33. The number of halogens is 1. The van der Waals surface area contributed by atoms with E-state index in [0.717, 1.165) is 5.56 Å². The summed E-state index contributed by atoms with van der Waals surface area (Å²) in [6, 6.07) is 12.4. The summed E-state index contributed by atoms with van der Waals surface area (Å²) in [5, 5.41) is 6.13. The molecule has 8 heteroatoms. The number of anilines is 2. The summed E-state index contributed by atoms with van der Waals surface area (Å²) in [5.74, 6) is 1.17. The van der Waals surface area contributed by atoms with Crippen molar-refractivity contribution in [1.82, 2.24) is 4.98 Å². The van der Waals surface area contributed by atoms with Crippen molar-refractivity contribution in [1.29, 1.82) is 0 Å². The van der Waals surface area contributed by atoms with E-state index in [9.17, 15) is 9.59 Å². The van der Waals surface area contributed by atoms with Gasteiger partial charge in [0.05, 0.1) is 16.9 Å². The Morgan fingerprint density at radius 2 is 2.10 bits per heavy atom. The summed E-state index contributed by atoms with van der Waals surface area (Å²) >= 11 is 6.17. The zero-order valence-corrected chi connectivity index (χ0v) is 16.3. The Morgan fingerprint density at radius 1 is 1.28 bits per heavy atom. The van der Waals surface area contributed by atoms with E-state index < -0.39 is 6.10 Å². The molecule has 2 aromatic carbocycles. The summed E-state index contributed by atoms with van der Waals surface area (Å²) in [5.41, 5.74) is 1.85. The first-order valence-electron chi connectivity index (χ1n) is 9.10. The van der Waals surface area contributed by atoms with Crippen LogP contribution in [0.5, 0.6) is 5.75 Å². The average molecular weight is 412 g/mol. The molecule has 0 aliphatic carbocycles. The lowest BCUT2D eigenvalue weighted by Crippen LogP contribution is -2.34. The van der Waals surface area contributed by atoms with Crippen molar-refractivity contribution in [2.24, 2.45) is 0 Å². The van der Waals surface area contributed by atoms with Gasteiger partial charge in [-0.25, -0.2) is 4.98 Å². The number of aryl methyl sites for hydroxylation is 1. The van der Waals surface area contributed by atoms with Crippen LogP contribution in [0.15, 0.2) is 53.1 Å². The van der Waals surface area contributed by atoms with Crippen molar-refractivity contribution in [3.05, 3.63) is 59.6 Å². The number of oxazole rings is 1. The fraction of sp³-hybridized carbons (Fsp3) is 0.190. The van der Waals surface area contributed by atoms with Gasteiger partial charge in [-0.2, -0.15) is 0 Å². The first-order chi connectivity index (χ1) is 14.0. The Labute approximate surface area is 172 Å². The third-order valence-electron chi connectivity index (χ3n) is 4.45. The highest BCUT2D eigenvalue weighted by atomic mass is 35.5. The van der Waals surface area contributed by atoms with Crippen molar-refractivity contribution >= 4 is 34.8 Å². The third-order valence-corrected chi connectivity index (χ3v) is 4.78. The van der Waals surface area contributed by atoms with E-state index in [0.29, 0.717) is 40.2 Å². The zero-order valence-electron chi connectivity index (χ0n) is 15.6. The summed E-state index contributed by atoms with van der Waals surface area (Å²) in [4.78, 5) is 28.2. The summed E-state index contributed by atoms with van der Waals surface area (Å²) in [7, 11) is 0. The van der Waals surface area contributed by atoms with E-state index in [-0.39, 0.29) is 18.2 Å². The second kappa shape index (κ2) is 7.97. The second-order valence-corrected chi connectivity index (χ2v) is 7.01. The van der Waals surface area contributed by atoms with E-state index in [1.54, 1.807) is 37.4 Å². The molecule has 0 saturated heterocycles. The van der Waals surface area contributed by atoms with Crippen LogP contribution in [0.2, 0.25) is 5.02 Å². The molecule has 1 aliphatic rings. The SMILES string of the molecule is C[C@H]1Oc2ccc(NC(=O)CCc3ncc(-c4ccccc4Cl)o3)cc2NC1=O. The fourth-order valence-electron chi connectivity index (χ4n) is 2.94. The molecular weight excluding hydrogens is 394 g/mol. The molecule has 1 aliphatic heterocycles. The normalized spacial score (nSPS) is 15.2. The largest absolute Gasteiger partial charge is 0.479 e. The van der Waals surface area contributed by atoms with Crippen molar-refractivity contribution in [2.45, 2.75) is 25.9 Å². The first kappa shape index (κ1) is 19.0. The van der Waals surface area contributed by atoms with Crippen LogP contribution in [0.1, 0.15) is 19.2 Å². The fourth-order valence-corrected chi connectivity index (χ4v) is 3.17. The number of rotatable bonds is 5.